The molecule has 0 radical (unpaired) electrons. The van der Waals surface area contributed by atoms with Gasteiger partial charge in [-0.3, -0.25) is 4.79 Å². The van der Waals surface area contributed by atoms with Crippen molar-refractivity contribution in [3.8, 4) is 5.75 Å². The van der Waals surface area contributed by atoms with Crippen molar-refractivity contribution in [1.29, 1.82) is 0 Å². The Morgan fingerprint density at radius 1 is 1.04 bits per heavy atom. The summed E-state index contributed by atoms with van der Waals surface area (Å²) in [5.41, 5.74) is 2.77. The number of ether oxygens (including phenoxy) is 1. The summed E-state index contributed by atoms with van der Waals surface area (Å²) in [6.45, 7) is 2.83. The Morgan fingerprint density at radius 3 is 2.54 bits per heavy atom. The molecule has 1 saturated heterocycles. The molecule has 3 amide bonds. The van der Waals surface area contributed by atoms with Crippen molar-refractivity contribution in [2.24, 2.45) is 0 Å². The molecule has 0 bridgehead atoms. The number of rotatable bonds is 3. The van der Waals surface area contributed by atoms with E-state index < -0.39 is 6.04 Å². The minimum Gasteiger partial charge on any atom is -0.492 e. The number of hydrogen-bond donors (Lipinski definition) is 0. The second-order valence-corrected chi connectivity index (χ2v) is 5.97. The number of nitrogens with zero attached hydrogens (tertiary/aromatic N) is 2. The molecule has 0 aliphatic carbocycles. The highest BCUT2D eigenvalue weighted by Crippen LogP contribution is 2.36. The molecule has 0 spiro atoms. The molecule has 1 unspecified atom stereocenters. The zero-order chi connectivity index (χ0) is 16.7. The predicted molar refractivity (Wildman–Crippen MR) is 90.0 cm³/mol. The summed E-state index contributed by atoms with van der Waals surface area (Å²) in [7, 11) is 0. The third-order valence-electron chi connectivity index (χ3n) is 4.60. The molecule has 2 aliphatic heterocycles. The Kier molecular flexibility index (Phi) is 3.49. The first-order valence-corrected chi connectivity index (χ1v) is 8.14. The molecule has 0 N–H and O–H groups in total. The van der Waals surface area contributed by atoms with E-state index in [1.807, 2.05) is 43.3 Å². The van der Waals surface area contributed by atoms with Crippen LogP contribution in [-0.2, 0) is 17.8 Å². The van der Waals surface area contributed by atoms with E-state index in [-0.39, 0.29) is 11.9 Å². The van der Waals surface area contributed by atoms with Crippen LogP contribution in [0.1, 0.15) is 18.1 Å². The van der Waals surface area contributed by atoms with Gasteiger partial charge in [-0.25, -0.2) is 9.69 Å². The molecule has 5 nitrogen and oxygen atoms in total. The van der Waals surface area contributed by atoms with Gasteiger partial charge in [0.25, 0.3) is 5.91 Å². The number of imide groups is 1. The van der Waals surface area contributed by atoms with Crippen LogP contribution in [0.2, 0.25) is 0 Å². The molecule has 2 aliphatic rings. The fraction of sp³-hybridized carbons (Fsp3) is 0.263. The molecule has 2 aromatic carbocycles. The molecular weight excluding hydrogens is 304 g/mol. The minimum atomic E-state index is -0.429. The van der Waals surface area contributed by atoms with Crippen molar-refractivity contribution in [2.75, 3.05) is 11.5 Å². The average Bonchev–Trinajstić information content (AvgIpc) is 2.85. The lowest BCUT2D eigenvalue weighted by Gasteiger charge is -2.28. The van der Waals surface area contributed by atoms with E-state index in [1.165, 1.54) is 4.90 Å². The fourth-order valence-electron chi connectivity index (χ4n) is 3.46. The molecule has 1 atom stereocenters. The van der Waals surface area contributed by atoms with Crippen LogP contribution < -0.4 is 9.64 Å². The van der Waals surface area contributed by atoms with Crippen LogP contribution in [0.3, 0.4) is 0 Å². The standard InChI is InChI=1S/C19H18N2O3/c1-2-24-17-10-6-5-9-15(17)21-18(22)16-11-13-7-3-4-8-14(13)12-20(16)19(21)23/h3-10,16H,2,11-12H2,1H3. The number of hydrogen-bond acceptors (Lipinski definition) is 3. The first-order chi connectivity index (χ1) is 11.7. The Morgan fingerprint density at radius 2 is 1.75 bits per heavy atom. The summed E-state index contributed by atoms with van der Waals surface area (Å²) in [6, 6.07) is 14.5. The quantitative estimate of drug-likeness (QED) is 0.816. The van der Waals surface area contributed by atoms with Gasteiger partial charge >= 0.3 is 6.03 Å². The summed E-state index contributed by atoms with van der Waals surface area (Å²) >= 11 is 0. The number of para-hydroxylation sites is 2. The Labute approximate surface area is 140 Å². The van der Waals surface area contributed by atoms with Crippen molar-refractivity contribution in [2.45, 2.75) is 25.9 Å². The molecule has 0 saturated carbocycles. The van der Waals surface area contributed by atoms with Crippen LogP contribution in [0.5, 0.6) is 5.75 Å². The number of carbonyl (C=O) groups is 2. The van der Waals surface area contributed by atoms with Crippen LogP contribution in [-0.4, -0.2) is 29.5 Å². The highest BCUT2D eigenvalue weighted by molar-refractivity contribution is 6.22. The lowest BCUT2D eigenvalue weighted by molar-refractivity contribution is -0.120. The van der Waals surface area contributed by atoms with Crippen LogP contribution in [0.25, 0.3) is 0 Å². The average molecular weight is 322 g/mol. The third-order valence-corrected chi connectivity index (χ3v) is 4.60. The van der Waals surface area contributed by atoms with Gasteiger partial charge in [-0.05, 0) is 30.2 Å². The van der Waals surface area contributed by atoms with E-state index in [1.54, 1.807) is 17.0 Å². The van der Waals surface area contributed by atoms with Gasteiger partial charge in [-0.2, -0.15) is 0 Å². The second-order valence-electron chi connectivity index (χ2n) is 5.97. The summed E-state index contributed by atoms with van der Waals surface area (Å²) in [5.74, 6) is 0.376. The third kappa shape index (κ3) is 2.16. The number of benzene rings is 2. The van der Waals surface area contributed by atoms with Gasteiger partial charge in [0.2, 0.25) is 0 Å². The molecule has 2 heterocycles. The van der Waals surface area contributed by atoms with Gasteiger partial charge in [0.15, 0.2) is 0 Å². The number of urea groups is 1. The maximum atomic E-state index is 12.9. The minimum absolute atomic E-state index is 0.179. The van der Waals surface area contributed by atoms with Crippen molar-refractivity contribution in [1.82, 2.24) is 4.90 Å². The fourth-order valence-corrected chi connectivity index (χ4v) is 3.46. The SMILES string of the molecule is CCOc1ccccc1N1C(=O)C2Cc3ccccc3CN2C1=O. The molecule has 122 valence electrons. The van der Waals surface area contributed by atoms with E-state index >= 15 is 0 Å². The lowest BCUT2D eigenvalue weighted by atomic mass is 9.95. The largest absolute Gasteiger partial charge is 0.492 e. The van der Waals surface area contributed by atoms with Crippen molar-refractivity contribution >= 4 is 17.6 Å². The zero-order valence-electron chi connectivity index (χ0n) is 13.4. The summed E-state index contributed by atoms with van der Waals surface area (Å²) in [5, 5.41) is 0. The molecule has 1 fully saturated rings. The Balaban J connectivity index is 1.72. The van der Waals surface area contributed by atoms with Gasteiger partial charge in [-0.1, -0.05) is 36.4 Å². The van der Waals surface area contributed by atoms with Crippen LogP contribution in [0.4, 0.5) is 10.5 Å². The number of carbonyl (C=O) groups excluding carboxylic acids is 2. The van der Waals surface area contributed by atoms with Crippen molar-refractivity contribution < 1.29 is 14.3 Å². The van der Waals surface area contributed by atoms with Gasteiger partial charge in [0, 0.05) is 13.0 Å². The van der Waals surface area contributed by atoms with Crippen molar-refractivity contribution in [3.05, 3.63) is 59.7 Å². The molecule has 2 aromatic rings. The van der Waals surface area contributed by atoms with E-state index in [9.17, 15) is 9.59 Å². The maximum absolute atomic E-state index is 12.9. The number of anilines is 1. The molecule has 4 rings (SSSR count). The highest BCUT2D eigenvalue weighted by Gasteiger charge is 2.48. The molecule has 24 heavy (non-hydrogen) atoms. The van der Waals surface area contributed by atoms with E-state index in [0.29, 0.717) is 31.0 Å². The molecule has 5 heteroatoms. The predicted octanol–water partition coefficient (Wildman–Crippen LogP) is 2.98. The Bertz CT molecular complexity index is 775. The van der Waals surface area contributed by atoms with Crippen molar-refractivity contribution in [3.63, 3.8) is 0 Å². The normalized spacial score (nSPS) is 19.3. The van der Waals surface area contributed by atoms with Gasteiger partial charge < -0.3 is 9.64 Å². The Hall–Kier alpha value is -2.82. The van der Waals surface area contributed by atoms with Gasteiger partial charge in [0.05, 0.1) is 12.3 Å². The topological polar surface area (TPSA) is 49.9 Å². The molecular formula is C19H18N2O3. The van der Waals surface area contributed by atoms with Crippen LogP contribution in [0.15, 0.2) is 48.5 Å². The summed E-state index contributed by atoms with van der Waals surface area (Å²) < 4.78 is 5.60. The second kappa shape index (κ2) is 5.67. The van der Waals surface area contributed by atoms with Crippen LogP contribution in [0, 0.1) is 0 Å². The van der Waals surface area contributed by atoms with Gasteiger partial charge in [-0.15, -0.1) is 0 Å². The zero-order valence-corrected chi connectivity index (χ0v) is 13.4. The smallest absolute Gasteiger partial charge is 0.332 e. The monoisotopic (exact) mass is 322 g/mol. The van der Waals surface area contributed by atoms with E-state index in [0.717, 1.165) is 11.1 Å². The first kappa shape index (κ1) is 14.8. The van der Waals surface area contributed by atoms with Gasteiger partial charge in [0.1, 0.15) is 11.8 Å². The number of fused-ring (bicyclic) bond motifs is 2. The summed E-state index contributed by atoms with van der Waals surface area (Å²) in [4.78, 5) is 28.7. The highest BCUT2D eigenvalue weighted by atomic mass is 16.5. The van der Waals surface area contributed by atoms with E-state index in [4.69, 9.17) is 4.74 Å². The summed E-state index contributed by atoms with van der Waals surface area (Å²) in [6.07, 6.45) is 0.564. The maximum Gasteiger partial charge on any atom is 0.332 e. The number of amides is 3. The lowest BCUT2D eigenvalue weighted by Crippen LogP contribution is -2.39. The van der Waals surface area contributed by atoms with E-state index in [2.05, 4.69) is 0 Å². The van der Waals surface area contributed by atoms with Crippen LogP contribution >= 0.6 is 0 Å². The first-order valence-electron chi connectivity index (χ1n) is 8.14. The molecule has 0 aromatic heterocycles.